The van der Waals surface area contributed by atoms with Crippen molar-refractivity contribution in [3.8, 4) is 5.75 Å². The minimum Gasteiger partial charge on any atom is -0.496 e. The number of para-hydroxylation sites is 1. The lowest BCUT2D eigenvalue weighted by molar-refractivity contribution is 0.411. The monoisotopic (exact) mass is 331 g/mol. The van der Waals surface area contributed by atoms with Crippen molar-refractivity contribution in [1.82, 2.24) is 0 Å². The zero-order chi connectivity index (χ0) is 17.0. The summed E-state index contributed by atoms with van der Waals surface area (Å²) < 4.78 is 32.7. The summed E-state index contributed by atoms with van der Waals surface area (Å²) in [6.45, 7) is 7.60. The van der Waals surface area contributed by atoms with Gasteiger partial charge in [0.1, 0.15) is 5.75 Å². The van der Waals surface area contributed by atoms with Crippen LogP contribution in [0.5, 0.6) is 5.75 Å². The molecule has 0 amide bonds. The summed E-state index contributed by atoms with van der Waals surface area (Å²) >= 11 is 0. The summed E-state index contributed by atoms with van der Waals surface area (Å²) in [7, 11) is -2.12. The highest BCUT2D eigenvalue weighted by molar-refractivity contribution is 7.92. The Labute approximate surface area is 138 Å². The Morgan fingerprint density at radius 3 is 2.39 bits per heavy atom. The number of anilines is 1. The maximum atomic E-state index is 13.1. The fourth-order valence-corrected chi connectivity index (χ4v) is 4.01. The third kappa shape index (κ3) is 3.40. The van der Waals surface area contributed by atoms with Crippen LogP contribution in [0.3, 0.4) is 0 Å². The number of rotatable bonds is 6. The van der Waals surface area contributed by atoms with Crippen LogP contribution in [0, 0.1) is 13.8 Å². The average Bonchev–Trinajstić information content (AvgIpc) is 2.53. The number of methoxy groups -OCH3 is 1. The van der Waals surface area contributed by atoms with Gasteiger partial charge in [-0.1, -0.05) is 24.3 Å². The molecule has 0 unspecified atom stereocenters. The largest absolute Gasteiger partial charge is 0.496 e. The van der Waals surface area contributed by atoms with E-state index < -0.39 is 10.0 Å². The molecule has 4 nitrogen and oxygen atoms in total. The maximum Gasteiger partial charge on any atom is 0.264 e. The Kier molecular flexibility index (Phi) is 5.11. The van der Waals surface area contributed by atoms with Crippen LogP contribution in [-0.2, 0) is 10.0 Å². The summed E-state index contributed by atoms with van der Waals surface area (Å²) in [6, 6.07) is 12.3. The van der Waals surface area contributed by atoms with Gasteiger partial charge in [-0.2, -0.15) is 0 Å². The number of benzene rings is 2. The molecule has 0 aliphatic rings. The zero-order valence-electron chi connectivity index (χ0n) is 13.6. The van der Waals surface area contributed by atoms with E-state index in [0.29, 0.717) is 11.4 Å². The molecule has 2 aromatic rings. The second-order valence-corrected chi connectivity index (χ2v) is 7.11. The highest BCUT2D eigenvalue weighted by Gasteiger charge is 2.25. The summed E-state index contributed by atoms with van der Waals surface area (Å²) in [5.41, 5.74) is 2.32. The molecular formula is C18H21NO3S. The molecule has 0 aromatic heterocycles. The van der Waals surface area contributed by atoms with Crippen molar-refractivity contribution in [2.45, 2.75) is 18.7 Å². The molecule has 2 rings (SSSR count). The lowest BCUT2D eigenvalue weighted by Gasteiger charge is -2.25. The summed E-state index contributed by atoms with van der Waals surface area (Å²) in [5.74, 6) is 0.662. The number of hydrogen-bond acceptors (Lipinski definition) is 3. The van der Waals surface area contributed by atoms with E-state index in [1.165, 1.54) is 4.31 Å². The smallest absolute Gasteiger partial charge is 0.264 e. The fraction of sp³-hybridized carbons (Fsp3) is 0.222. The Morgan fingerprint density at radius 1 is 1.13 bits per heavy atom. The van der Waals surface area contributed by atoms with Gasteiger partial charge in [-0.25, -0.2) is 8.42 Å². The summed E-state index contributed by atoms with van der Waals surface area (Å²) in [4.78, 5) is 0.237. The predicted molar refractivity (Wildman–Crippen MR) is 93.6 cm³/mol. The van der Waals surface area contributed by atoms with Gasteiger partial charge in [0.15, 0.2) is 0 Å². The van der Waals surface area contributed by atoms with E-state index in [-0.39, 0.29) is 11.4 Å². The maximum absolute atomic E-state index is 13.1. The average molecular weight is 331 g/mol. The first kappa shape index (κ1) is 17.1. The van der Waals surface area contributed by atoms with Crippen LogP contribution in [-0.4, -0.2) is 22.1 Å². The predicted octanol–water partition coefficient (Wildman–Crippen LogP) is 3.69. The standard InChI is InChI=1S/C18H21NO3S/c1-5-12-19(17-9-7-6-8-14(17)2)23(20,21)16-10-11-18(22-4)15(3)13-16/h5-11,13H,1,12H2,2-4H3. The van der Waals surface area contributed by atoms with Gasteiger partial charge >= 0.3 is 0 Å². The number of sulfonamides is 1. The molecule has 0 atom stereocenters. The molecule has 0 saturated carbocycles. The zero-order valence-corrected chi connectivity index (χ0v) is 14.4. The molecule has 0 spiro atoms. The number of ether oxygens (including phenoxy) is 1. The van der Waals surface area contributed by atoms with Gasteiger partial charge in [-0.05, 0) is 49.2 Å². The van der Waals surface area contributed by atoms with Crippen molar-refractivity contribution < 1.29 is 13.2 Å². The Bertz CT molecular complexity index is 813. The Balaban J connectivity index is 2.56. The SMILES string of the molecule is C=CCN(c1ccccc1C)S(=O)(=O)c1ccc(OC)c(C)c1. The molecule has 23 heavy (non-hydrogen) atoms. The Morgan fingerprint density at radius 2 is 1.83 bits per heavy atom. The molecule has 0 radical (unpaired) electrons. The van der Waals surface area contributed by atoms with Crippen molar-refractivity contribution in [2.75, 3.05) is 18.0 Å². The van der Waals surface area contributed by atoms with Crippen molar-refractivity contribution in [3.05, 3.63) is 66.2 Å². The van der Waals surface area contributed by atoms with Gasteiger partial charge in [-0.15, -0.1) is 6.58 Å². The molecule has 5 heteroatoms. The van der Waals surface area contributed by atoms with Gasteiger partial charge in [0, 0.05) is 0 Å². The molecule has 0 saturated heterocycles. The van der Waals surface area contributed by atoms with Gasteiger partial charge in [0.25, 0.3) is 10.0 Å². The van der Waals surface area contributed by atoms with Crippen molar-refractivity contribution in [3.63, 3.8) is 0 Å². The van der Waals surface area contributed by atoms with E-state index in [4.69, 9.17) is 4.74 Å². The van der Waals surface area contributed by atoms with E-state index >= 15 is 0 Å². The number of nitrogens with zero attached hydrogens (tertiary/aromatic N) is 1. The quantitative estimate of drug-likeness (QED) is 0.758. The molecule has 0 fully saturated rings. The highest BCUT2D eigenvalue weighted by atomic mass is 32.2. The third-order valence-electron chi connectivity index (χ3n) is 3.63. The third-order valence-corrected chi connectivity index (χ3v) is 5.41. The first-order chi connectivity index (χ1) is 10.9. The first-order valence-corrected chi connectivity index (χ1v) is 8.69. The molecule has 0 aliphatic carbocycles. The van der Waals surface area contributed by atoms with Gasteiger partial charge in [-0.3, -0.25) is 4.31 Å². The molecule has 0 aliphatic heterocycles. The summed E-state index contributed by atoms with van der Waals surface area (Å²) in [6.07, 6.45) is 1.58. The van der Waals surface area contributed by atoms with E-state index in [1.807, 2.05) is 32.0 Å². The number of aryl methyl sites for hydroxylation is 2. The second-order valence-electron chi connectivity index (χ2n) is 5.24. The van der Waals surface area contributed by atoms with Crippen molar-refractivity contribution in [2.24, 2.45) is 0 Å². The lowest BCUT2D eigenvalue weighted by atomic mass is 10.2. The van der Waals surface area contributed by atoms with Crippen molar-refractivity contribution in [1.29, 1.82) is 0 Å². The number of hydrogen-bond donors (Lipinski definition) is 0. The highest BCUT2D eigenvalue weighted by Crippen LogP contribution is 2.29. The fourth-order valence-electron chi connectivity index (χ4n) is 2.43. The minimum atomic E-state index is -3.68. The molecule has 0 heterocycles. The van der Waals surface area contributed by atoms with E-state index in [9.17, 15) is 8.42 Å². The van der Waals surface area contributed by atoms with Crippen LogP contribution in [0.25, 0.3) is 0 Å². The van der Waals surface area contributed by atoms with Gasteiger partial charge < -0.3 is 4.74 Å². The minimum absolute atomic E-state index is 0.207. The molecular weight excluding hydrogens is 310 g/mol. The van der Waals surface area contributed by atoms with Crippen LogP contribution in [0.15, 0.2) is 60.0 Å². The normalized spacial score (nSPS) is 11.1. The van der Waals surface area contributed by atoms with E-state index in [0.717, 1.165) is 11.1 Å². The topological polar surface area (TPSA) is 46.6 Å². The van der Waals surface area contributed by atoms with Gasteiger partial charge in [0.05, 0.1) is 24.2 Å². The molecule has 0 N–H and O–H groups in total. The molecule has 122 valence electrons. The molecule has 0 bridgehead atoms. The molecule has 2 aromatic carbocycles. The first-order valence-electron chi connectivity index (χ1n) is 7.25. The summed E-state index contributed by atoms with van der Waals surface area (Å²) in [5, 5.41) is 0. The van der Waals surface area contributed by atoms with Crippen LogP contribution in [0.2, 0.25) is 0 Å². The lowest BCUT2D eigenvalue weighted by Crippen LogP contribution is -2.31. The van der Waals surface area contributed by atoms with Crippen LogP contribution in [0.4, 0.5) is 5.69 Å². The van der Waals surface area contributed by atoms with Gasteiger partial charge in [0.2, 0.25) is 0 Å². The van der Waals surface area contributed by atoms with Crippen LogP contribution < -0.4 is 9.04 Å². The van der Waals surface area contributed by atoms with Crippen molar-refractivity contribution >= 4 is 15.7 Å². The van der Waals surface area contributed by atoms with E-state index in [2.05, 4.69) is 6.58 Å². The van der Waals surface area contributed by atoms with Crippen LogP contribution in [0.1, 0.15) is 11.1 Å². The van der Waals surface area contributed by atoms with E-state index in [1.54, 1.807) is 37.5 Å². The Hall–Kier alpha value is -2.27. The second kappa shape index (κ2) is 6.87. The van der Waals surface area contributed by atoms with Crippen LogP contribution >= 0.6 is 0 Å².